The maximum absolute atomic E-state index is 12.7. The summed E-state index contributed by atoms with van der Waals surface area (Å²) >= 11 is 0. The molecule has 3 rings (SSSR count). The zero-order valence-electron chi connectivity index (χ0n) is 13.4. The van der Waals surface area contributed by atoms with Gasteiger partial charge in [-0.15, -0.1) is 0 Å². The van der Waals surface area contributed by atoms with E-state index in [0.717, 1.165) is 5.69 Å². The third kappa shape index (κ3) is 2.92. The molecule has 2 fully saturated rings. The Labute approximate surface area is 130 Å². The molecule has 1 saturated heterocycles. The monoisotopic (exact) mass is 304 g/mol. The van der Waals surface area contributed by atoms with Crippen LogP contribution in [0.5, 0.6) is 0 Å². The van der Waals surface area contributed by atoms with Crippen LogP contribution in [-0.2, 0) is 5.41 Å². The number of rotatable bonds is 2. The van der Waals surface area contributed by atoms with Crippen LogP contribution in [-0.4, -0.2) is 39.9 Å². The molecule has 1 aliphatic carbocycles. The summed E-state index contributed by atoms with van der Waals surface area (Å²) in [4.78, 5) is 32.8. The molecule has 6 nitrogen and oxygen atoms in total. The van der Waals surface area contributed by atoms with Gasteiger partial charge in [-0.2, -0.15) is 4.98 Å². The predicted octanol–water partition coefficient (Wildman–Crippen LogP) is 0.877. The largest absolute Gasteiger partial charge is 0.345 e. The average Bonchev–Trinajstić information content (AvgIpc) is 3.19. The van der Waals surface area contributed by atoms with Crippen molar-refractivity contribution in [2.75, 3.05) is 13.1 Å². The van der Waals surface area contributed by atoms with Crippen molar-refractivity contribution >= 4 is 5.91 Å². The molecule has 0 spiro atoms. The number of nitrogens with one attached hydrogen (secondary N) is 1. The highest BCUT2D eigenvalue weighted by molar-refractivity contribution is 5.92. The summed E-state index contributed by atoms with van der Waals surface area (Å²) in [6.45, 7) is 7.20. The smallest absolute Gasteiger partial charge is 0.335 e. The molecule has 1 aliphatic heterocycles. The van der Waals surface area contributed by atoms with Crippen LogP contribution in [0.3, 0.4) is 0 Å². The number of carbonyl (C=O) groups excluding carboxylic acids is 1. The fourth-order valence-corrected chi connectivity index (χ4v) is 3.18. The van der Waals surface area contributed by atoms with Gasteiger partial charge in [0.15, 0.2) is 0 Å². The maximum atomic E-state index is 12.7. The maximum Gasteiger partial charge on any atom is 0.345 e. The summed E-state index contributed by atoms with van der Waals surface area (Å²) in [5, 5.41) is 0. The van der Waals surface area contributed by atoms with Crippen molar-refractivity contribution in [1.82, 2.24) is 14.9 Å². The third-order valence-electron chi connectivity index (χ3n) is 4.70. The minimum absolute atomic E-state index is 0.0422. The number of likely N-dealkylation sites (tertiary alicyclic amines) is 1. The van der Waals surface area contributed by atoms with Gasteiger partial charge < -0.3 is 15.6 Å². The third-order valence-corrected chi connectivity index (χ3v) is 4.70. The van der Waals surface area contributed by atoms with Gasteiger partial charge in [-0.3, -0.25) is 4.79 Å². The quantitative estimate of drug-likeness (QED) is 0.848. The lowest BCUT2D eigenvalue weighted by molar-refractivity contribution is 0.0778. The average molecular weight is 304 g/mol. The van der Waals surface area contributed by atoms with Gasteiger partial charge in [-0.25, -0.2) is 4.79 Å². The van der Waals surface area contributed by atoms with Gasteiger partial charge >= 0.3 is 5.69 Å². The zero-order chi connectivity index (χ0) is 16.1. The van der Waals surface area contributed by atoms with Crippen LogP contribution in [0.25, 0.3) is 0 Å². The van der Waals surface area contributed by atoms with Crippen molar-refractivity contribution in [3.05, 3.63) is 27.9 Å². The van der Waals surface area contributed by atoms with E-state index in [1.54, 1.807) is 11.0 Å². The number of hydrogen-bond acceptors (Lipinski definition) is 4. The first-order chi connectivity index (χ1) is 10.3. The van der Waals surface area contributed by atoms with Gasteiger partial charge in [0.1, 0.15) is 5.69 Å². The van der Waals surface area contributed by atoms with Crippen molar-refractivity contribution < 1.29 is 4.79 Å². The van der Waals surface area contributed by atoms with Gasteiger partial charge in [0, 0.05) is 30.2 Å². The second kappa shape index (κ2) is 5.19. The molecule has 3 N–H and O–H groups in total. The standard InChI is InChI=1S/C16H24N4O2/c1-16(2,3)13-6-12(18-15(22)19-13)14(21)20-7-10(9-4-5-9)11(17)8-20/h6,9-11H,4-5,7-8,17H2,1-3H3,(H,18,19,22)/t10-,11+/m0/s1. The summed E-state index contributed by atoms with van der Waals surface area (Å²) in [5.41, 5.74) is 6.40. The normalized spacial score (nSPS) is 25.5. The molecule has 1 aromatic rings. The number of nitrogens with zero attached hydrogens (tertiary/aromatic N) is 2. The molecule has 0 bridgehead atoms. The molecule has 6 heteroatoms. The molecular formula is C16H24N4O2. The first kappa shape index (κ1) is 15.2. The van der Waals surface area contributed by atoms with Crippen LogP contribution in [0.2, 0.25) is 0 Å². The molecule has 1 amide bonds. The van der Waals surface area contributed by atoms with E-state index in [0.29, 0.717) is 24.9 Å². The second-order valence-electron chi connectivity index (χ2n) is 7.61. The van der Waals surface area contributed by atoms with Crippen LogP contribution >= 0.6 is 0 Å². The molecular weight excluding hydrogens is 280 g/mol. The van der Waals surface area contributed by atoms with E-state index >= 15 is 0 Å². The Bertz CT molecular complexity index is 642. The fourth-order valence-electron chi connectivity index (χ4n) is 3.18. The number of carbonyl (C=O) groups is 1. The summed E-state index contributed by atoms with van der Waals surface area (Å²) in [7, 11) is 0. The number of H-pyrrole nitrogens is 1. The lowest BCUT2D eigenvalue weighted by Crippen LogP contribution is -2.34. The van der Waals surface area contributed by atoms with E-state index in [2.05, 4.69) is 9.97 Å². The van der Waals surface area contributed by atoms with E-state index in [1.807, 2.05) is 20.8 Å². The highest BCUT2D eigenvalue weighted by atomic mass is 16.2. The highest BCUT2D eigenvalue weighted by Gasteiger charge is 2.42. The lowest BCUT2D eigenvalue weighted by Gasteiger charge is -2.20. The van der Waals surface area contributed by atoms with Gasteiger partial charge in [0.2, 0.25) is 0 Å². The Hall–Kier alpha value is -1.69. The fraction of sp³-hybridized carbons (Fsp3) is 0.688. The van der Waals surface area contributed by atoms with Gasteiger partial charge in [-0.1, -0.05) is 20.8 Å². The van der Waals surface area contributed by atoms with E-state index < -0.39 is 5.69 Å². The van der Waals surface area contributed by atoms with Crippen molar-refractivity contribution in [2.24, 2.45) is 17.6 Å². The SMILES string of the molecule is CC(C)(C)c1cc(C(=O)N2C[C@@H](N)[C@H](C3CC3)C2)nc(=O)[nH]1. The Balaban J connectivity index is 1.83. The van der Waals surface area contributed by atoms with E-state index in [9.17, 15) is 9.59 Å². The number of aromatic nitrogens is 2. The molecule has 0 radical (unpaired) electrons. The Morgan fingerprint density at radius 1 is 1.36 bits per heavy atom. The summed E-state index contributed by atoms with van der Waals surface area (Å²) in [6.07, 6.45) is 2.44. The number of amides is 1. The van der Waals surface area contributed by atoms with Crippen LogP contribution in [0.15, 0.2) is 10.9 Å². The van der Waals surface area contributed by atoms with E-state index in [4.69, 9.17) is 5.73 Å². The topological polar surface area (TPSA) is 92.1 Å². The van der Waals surface area contributed by atoms with Crippen LogP contribution < -0.4 is 11.4 Å². The molecule has 1 saturated carbocycles. The van der Waals surface area contributed by atoms with Crippen molar-refractivity contribution in [1.29, 1.82) is 0 Å². The molecule has 0 aromatic carbocycles. The first-order valence-corrected chi connectivity index (χ1v) is 7.92. The minimum atomic E-state index is -0.474. The van der Waals surface area contributed by atoms with Gasteiger partial charge in [-0.05, 0) is 30.7 Å². The molecule has 1 aromatic heterocycles. The van der Waals surface area contributed by atoms with Crippen LogP contribution in [0.4, 0.5) is 0 Å². The summed E-state index contributed by atoms with van der Waals surface area (Å²) in [6, 6.07) is 1.74. The van der Waals surface area contributed by atoms with Crippen LogP contribution in [0.1, 0.15) is 49.8 Å². The predicted molar refractivity (Wildman–Crippen MR) is 83.7 cm³/mol. The molecule has 2 heterocycles. The molecule has 2 aliphatic rings. The van der Waals surface area contributed by atoms with E-state index in [-0.39, 0.29) is 23.1 Å². The lowest BCUT2D eigenvalue weighted by atomic mass is 9.91. The van der Waals surface area contributed by atoms with Crippen LogP contribution in [0, 0.1) is 11.8 Å². The first-order valence-electron chi connectivity index (χ1n) is 7.92. The van der Waals surface area contributed by atoms with E-state index in [1.165, 1.54) is 12.8 Å². The minimum Gasteiger partial charge on any atom is -0.335 e. The number of aromatic amines is 1. The molecule has 2 atom stereocenters. The van der Waals surface area contributed by atoms with Crippen molar-refractivity contribution in [3.63, 3.8) is 0 Å². The number of hydrogen-bond donors (Lipinski definition) is 2. The number of nitrogens with two attached hydrogens (primary N) is 1. The highest BCUT2D eigenvalue weighted by Crippen LogP contribution is 2.41. The molecule has 120 valence electrons. The van der Waals surface area contributed by atoms with Crippen molar-refractivity contribution in [2.45, 2.75) is 45.1 Å². The summed E-state index contributed by atoms with van der Waals surface area (Å²) in [5.74, 6) is 0.883. The zero-order valence-corrected chi connectivity index (χ0v) is 13.4. The van der Waals surface area contributed by atoms with Crippen molar-refractivity contribution in [3.8, 4) is 0 Å². The summed E-state index contributed by atoms with van der Waals surface area (Å²) < 4.78 is 0. The molecule has 0 unspecified atom stereocenters. The molecule has 22 heavy (non-hydrogen) atoms. The van der Waals surface area contributed by atoms with Gasteiger partial charge in [0.25, 0.3) is 5.91 Å². The second-order valence-corrected chi connectivity index (χ2v) is 7.61. The van der Waals surface area contributed by atoms with Gasteiger partial charge in [0.05, 0.1) is 0 Å². The Kier molecular flexibility index (Phi) is 3.59. The Morgan fingerprint density at radius 2 is 2.05 bits per heavy atom. The Morgan fingerprint density at radius 3 is 2.64 bits per heavy atom.